The van der Waals surface area contributed by atoms with Gasteiger partial charge in [-0.15, -0.1) is 0 Å². The van der Waals surface area contributed by atoms with Gasteiger partial charge in [-0.25, -0.2) is 0 Å². The van der Waals surface area contributed by atoms with Crippen molar-refractivity contribution in [3.8, 4) is 5.75 Å². The molecule has 3 rings (SSSR count). The summed E-state index contributed by atoms with van der Waals surface area (Å²) in [5.41, 5.74) is 0.572. The van der Waals surface area contributed by atoms with E-state index in [1.54, 1.807) is 7.11 Å². The van der Waals surface area contributed by atoms with Crippen LogP contribution in [0.2, 0.25) is 0 Å². The Bertz CT molecular complexity index is 789. The number of nitrogens with zero attached hydrogens (tertiary/aromatic N) is 2. The summed E-state index contributed by atoms with van der Waals surface area (Å²) < 4.78 is 7.19. The molecule has 1 N–H and O–H groups in total. The molecule has 2 heterocycles. The molecular formula is C19H26N2O3. The van der Waals surface area contributed by atoms with Gasteiger partial charge in [-0.2, -0.15) is 0 Å². The van der Waals surface area contributed by atoms with Crippen LogP contribution in [0.15, 0.2) is 24.3 Å². The number of hydrogen-bond acceptors (Lipinski definition) is 3. The second-order valence-corrected chi connectivity index (χ2v) is 7.65. The first-order chi connectivity index (χ1) is 11.2. The number of carbonyl (C=O) groups excluding carboxylic acids is 1. The number of fused-ring (bicyclic) bond motifs is 1. The van der Waals surface area contributed by atoms with Gasteiger partial charge in [0, 0.05) is 36.5 Å². The number of aromatic nitrogens is 1. The van der Waals surface area contributed by atoms with E-state index in [4.69, 9.17) is 4.74 Å². The van der Waals surface area contributed by atoms with Crippen LogP contribution in [0.1, 0.15) is 37.7 Å². The normalized spacial score (nSPS) is 23.5. The van der Waals surface area contributed by atoms with Gasteiger partial charge in [0.25, 0.3) is 5.91 Å². The number of carbonyl (C=O) groups is 1. The lowest BCUT2D eigenvalue weighted by Gasteiger charge is -2.48. The van der Waals surface area contributed by atoms with Crippen molar-refractivity contribution in [2.45, 2.75) is 32.8 Å². The maximum atomic E-state index is 13.0. The van der Waals surface area contributed by atoms with Gasteiger partial charge >= 0.3 is 0 Å². The number of piperidine rings is 1. The molecule has 1 amide bonds. The maximum Gasteiger partial charge on any atom is 0.270 e. The van der Waals surface area contributed by atoms with Crippen LogP contribution in [0.4, 0.5) is 0 Å². The first kappa shape index (κ1) is 16.8. The van der Waals surface area contributed by atoms with Gasteiger partial charge in [-0.1, -0.05) is 13.8 Å². The van der Waals surface area contributed by atoms with E-state index in [0.717, 1.165) is 16.7 Å². The number of aryl methyl sites for hydroxylation is 1. The smallest absolute Gasteiger partial charge is 0.270 e. The summed E-state index contributed by atoms with van der Waals surface area (Å²) in [7, 11) is 3.55. The second kappa shape index (κ2) is 5.52. The Morgan fingerprint density at radius 3 is 2.58 bits per heavy atom. The zero-order valence-electron chi connectivity index (χ0n) is 15.1. The van der Waals surface area contributed by atoms with Gasteiger partial charge in [-0.05, 0) is 37.6 Å². The third-order valence-electron chi connectivity index (χ3n) is 5.67. The molecule has 1 saturated heterocycles. The Kier molecular flexibility index (Phi) is 3.87. The number of aliphatic hydroxyl groups is 1. The average molecular weight is 330 g/mol. The van der Waals surface area contributed by atoms with Gasteiger partial charge in [-0.3, -0.25) is 4.79 Å². The summed E-state index contributed by atoms with van der Waals surface area (Å²) in [5, 5.41) is 11.5. The van der Waals surface area contributed by atoms with Crippen LogP contribution in [0.5, 0.6) is 5.75 Å². The minimum Gasteiger partial charge on any atom is -0.497 e. The molecule has 1 aromatic carbocycles. The number of amides is 1. The molecule has 1 aliphatic rings. The molecule has 5 nitrogen and oxygen atoms in total. The summed E-state index contributed by atoms with van der Waals surface area (Å²) in [5.74, 6) is 0.790. The molecule has 5 heteroatoms. The summed E-state index contributed by atoms with van der Waals surface area (Å²) in [4.78, 5) is 14.9. The fraction of sp³-hybridized carbons (Fsp3) is 0.526. The molecule has 0 saturated carbocycles. The Hall–Kier alpha value is -2.01. The lowest BCUT2D eigenvalue weighted by atomic mass is 9.71. The summed E-state index contributed by atoms with van der Waals surface area (Å²) >= 11 is 0. The lowest BCUT2D eigenvalue weighted by Crippen LogP contribution is -2.57. The minimum absolute atomic E-state index is 0.0104. The fourth-order valence-corrected chi connectivity index (χ4v) is 3.41. The number of rotatable bonds is 2. The predicted octanol–water partition coefficient (Wildman–Crippen LogP) is 2.81. The number of benzene rings is 1. The standard InChI is InChI=1S/C19H26N2O3/c1-18(2)12-21(9-8-19(18,3)23)17(22)16-11-13-10-14(24-5)6-7-15(13)20(16)4/h6-7,10-11,23H,8-9,12H2,1-5H3/t19-/m0/s1. The van der Waals surface area contributed by atoms with E-state index in [9.17, 15) is 9.90 Å². The van der Waals surface area contributed by atoms with Crippen molar-refractivity contribution < 1.29 is 14.6 Å². The van der Waals surface area contributed by atoms with Crippen molar-refractivity contribution in [1.29, 1.82) is 0 Å². The summed E-state index contributed by atoms with van der Waals surface area (Å²) in [6.07, 6.45) is 0.587. The Morgan fingerprint density at radius 1 is 1.25 bits per heavy atom. The largest absolute Gasteiger partial charge is 0.497 e. The summed E-state index contributed by atoms with van der Waals surface area (Å²) in [6, 6.07) is 7.73. The van der Waals surface area contributed by atoms with E-state index in [1.807, 2.05) is 61.6 Å². The second-order valence-electron chi connectivity index (χ2n) is 7.65. The van der Waals surface area contributed by atoms with E-state index in [-0.39, 0.29) is 11.3 Å². The molecule has 1 aliphatic heterocycles. The molecule has 0 bridgehead atoms. The van der Waals surface area contributed by atoms with Gasteiger partial charge in [0.2, 0.25) is 0 Å². The first-order valence-electron chi connectivity index (χ1n) is 8.31. The van der Waals surface area contributed by atoms with Gasteiger partial charge < -0.3 is 19.3 Å². The quantitative estimate of drug-likeness (QED) is 0.921. The number of ether oxygens (including phenoxy) is 1. The SMILES string of the molecule is COc1ccc2c(c1)cc(C(=O)N1CC[C@](C)(O)C(C)(C)C1)n2C. The third-order valence-corrected chi connectivity index (χ3v) is 5.67. The molecule has 1 aromatic heterocycles. The highest BCUT2D eigenvalue weighted by molar-refractivity contribution is 5.99. The number of hydrogen-bond donors (Lipinski definition) is 1. The van der Waals surface area contributed by atoms with Crippen LogP contribution in [-0.2, 0) is 7.05 Å². The molecule has 1 fully saturated rings. The van der Waals surface area contributed by atoms with Crippen molar-refractivity contribution in [3.05, 3.63) is 30.0 Å². The molecule has 0 radical (unpaired) electrons. The van der Waals surface area contributed by atoms with Crippen molar-refractivity contribution in [3.63, 3.8) is 0 Å². The van der Waals surface area contributed by atoms with Gasteiger partial charge in [0.05, 0.1) is 12.7 Å². The van der Waals surface area contributed by atoms with Crippen molar-refractivity contribution >= 4 is 16.8 Å². The van der Waals surface area contributed by atoms with Crippen LogP contribution < -0.4 is 4.74 Å². The topological polar surface area (TPSA) is 54.7 Å². The van der Waals surface area contributed by atoms with Crippen molar-refractivity contribution in [1.82, 2.24) is 9.47 Å². The highest BCUT2D eigenvalue weighted by Crippen LogP contribution is 2.38. The monoisotopic (exact) mass is 330 g/mol. The zero-order valence-corrected chi connectivity index (χ0v) is 15.1. The van der Waals surface area contributed by atoms with Crippen LogP contribution >= 0.6 is 0 Å². The Labute approximate surface area is 142 Å². The number of methoxy groups -OCH3 is 1. The van der Waals surface area contributed by atoms with Gasteiger partial charge in [0.1, 0.15) is 11.4 Å². The predicted molar refractivity (Wildman–Crippen MR) is 94.4 cm³/mol. The van der Waals surface area contributed by atoms with E-state index >= 15 is 0 Å². The first-order valence-corrected chi connectivity index (χ1v) is 8.31. The molecule has 0 aliphatic carbocycles. The van der Waals surface area contributed by atoms with E-state index in [1.165, 1.54) is 0 Å². The molecule has 0 unspecified atom stereocenters. The molecule has 2 aromatic rings. The zero-order chi connectivity index (χ0) is 17.7. The van der Waals surface area contributed by atoms with Crippen molar-refractivity contribution in [2.75, 3.05) is 20.2 Å². The fourth-order valence-electron chi connectivity index (χ4n) is 3.41. The lowest BCUT2D eigenvalue weighted by molar-refractivity contribution is -0.0972. The Morgan fingerprint density at radius 2 is 1.96 bits per heavy atom. The number of likely N-dealkylation sites (tertiary alicyclic amines) is 1. The van der Waals surface area contributed by atoms with Crippen LogP contribution in [-0.4, -0.2) is 46.3 Å². The molecule has 0 spiro atoms. The molecule has 1 atom stereocenters. The average Bonchev–Trinajstić information content (AvgIpc) is 2.85. The minimum atomic E-state index is -0.754. The highest BCUT2D eigenvalue weighted by atomic mass is 16.5. The third kappa shape index (κ3) is 2.57. The molecular weight excluding hydrogens is 304 g/mol. The van der Waals surface area contributed by atoms with Crippen LogP contribution in [0.25, 0.3) is 10.9 Å². The Balaban J connectivity index is 1.93. The van der Waals surface area contributed by atoms with Crippen molar-refractivity contribution in [2.24, 2.45) is 12.5 Å². The molecule has 24 heavy (non-hydrogen) atoms. The van der Waals surface area contributed by atoms with E-state index in [0.29, 0.717) is 25.2 Å². The van der Waals surface area contributed by atoms with Crippen LogP contribution in [0.3, 0.4) is 0 Å². The van der Waals surface area contributed by atoms with E-state index < -0.39 is 5.60 Å². The van der Waals surface area contributed by atoms with Crippen LogP contribution in [0, 0.1) is 5.41 Å². The summed E-state index contributed by atoms with van der Waals surface area (Å²) in [6.45, 7) is 7.00. The molecule has 130 valence electrons. The van der Waals surface area contributed by atoms with Gasteiger partial charge in [0.15, 0.2) is 0 Å². The van der Waals surface area contributed by atoms with E-state index in [2.05, 4.69) is 0 Å². The maximum absolute atomic E-state index is 13.0. The highest BCUT2D eigenvalue weighted by Gasteiger charge is 2.45.